The van der Waals surface area contributed by atoms with Gasteiger partial charge in [0.1, 0.15) is 4.90 Å². The molecule has 1 amide bonds. The minimum atomic E-state index is -3.86. The highest BCUT2D eigenvalue weighted by Gasteiger charge is 2.23. The molecule has 8 heteroatoms. The van der Waals surface area contributed by atoms with Crippen LogP contribution in [0.2, 0.25) is 5.02 Å². The fourth-order valence-corrected chi connectivity index (χ4v) is 4.55. The second-order valence-corrected chi connectivity index (χ2v) is 9.03. The number of hydrogen-bond acceptors (Lipinski definition) is 4. The van der Waals surface area contributed by atoms with E-state index in [1.54, 1.807) is 6.07 Å². The summed E-state index contributed by atoms with van der Waals surface area (Å²) in [7, 11) is -3.86. The van der Waals surface area contributed by atoms with Crippen molar-refractivity contribution in [1.82, 2.24) is 4.72 Å². The summed E-state index contributed by atoms with van der Waals surface area (Å²) < 4.78 is 33.2. The predicted octanol–water partition coefficient (Wildman–Crippen LogP) is 3.67. The maximum atomic E-state index is 12.6. The third-order valence-corrected chi connectivity index (χ3v) is 6.68. The minimum Gasteiger partial charge on any atom is -0.377 e. The summed E-state index contributed by atoms with van der Waals surface area (Å²) in [6.07, 6.45) is 1.60. The van der Waals surface area contributed by atoms with Crippen LogP contribution in [0.15, 0.2) is 41.3 Å². The molecule has 1 unspecified atom stereocenters. The third-order valence-electron chi connectivity index (χ3n) is 4.77. The zero-order valence-electron chi connectivity index (χ0n) is 15.8. The number of nitrogens with one attached hydrogen (secondary N) is 2. The van der Waals surface area contributed by atoms with Crippen LogP contribution in [0, 0.1) is 13.8 Å². The van der Waals surface area contributed by atoms with E-state index < -0.39 is 15.9 Å². The minimum absolute atomic E-state index is 0.0579. The first kappa shape index (κ1) is 20.8. The lowest BCUT2D eigenvalue weighted by atomic mass is 10.1. The molecule has 2 aromatic carbocycles. The molecule has 0 radical (unpaired) electrons. The molecule has 0 spiro atoms. The van der Waals surface area contributed by atoms with E-state index in [9.17, 15) is 13.2 Å². The van der Waals surface area contributed by atoms with E-state index in [4.69, 9.17) is 16.3 Å². The lowest BCUT2D eigenvalue weighted by Crippen LogP contribution is -2.32. The maximum Gasteiger partial charge on any atom is 0.255 e. The van der Waals surface area contributed by atoms with E-state index in [1.165, 1.54) is 18.2 Å². The van der Waals surface area contributed by atoms with Crippen LogP contribution in [0.25, 0.3) is 0 Å². The smallest absolute Gasteiger partial charge is 0.255 e. The standard InChI is InChI=1S/C20H23ClN2O4S/c1-13-5-7-16(10-14(13)2)23-20(24)15-6-8-18(21)19(11-15)28(25,26)22-12-17-4-3-9-27-17/h5-8,10-11,17,22H,3-4,9,12H2,1-2H3,(H,23,24). The molecule has 1 heterocycles. The van der Waals surface area contributed by atoms with Crippen LogP contribution in [-0.2, 0) is 14.8 Å². The summed E-state index contributed by atoms with van der Waals surface area (Å²) in [5, 5.41) is 2.84. The van der Waals surface area contributed by atoms with Gasteiger partial charge in [-0.2, -0.15) is 0 Å². The lowest BCUT2D eigenvalue weighted by molar-refractivity contribution is 0.102. The molecule has 1 atom stereocenters. The predicted molar refractivity (Wildman–Crippen MR) is 109 cm³/mol. The van der Waals surface area contributed by atoms with Crippen LogP contribution in [0.4, 0.5) is 5.69 Å². The van der Waals surface area contributed by atoms with Gasteiger partial charge in [-0.05, 0) is 68.1 Å². The number of benzene rings is 2. The van der Waals surface area contributed by atoms with Gasteiger partial charge in [0.25, 0.3) is 5.91 Å². The molecule has 1 aliphatic heterocycles. The molecule has 6 nitrogen and oxygen atoms in total. The second-order valence-electron chi connectivity index (χ2n) is 6.89. The van der Waals surface area contributed by atoms with Crippen LogP contribution in [0.1, 0.15) is 34.3 Å². The van der Waals surface area contributed by atoms with Crippen molar-refractivity contribution in [2.24, 2.45) is 0 Å². The summed E-state index contributed by atoms with van der Waals surface area (Å²) in [4.78, 5) is 12.5. The topological polar surface area (TPSA) is 84.5 Å². The number of rotatable bonds is 6. The van der Waals surface area contributed by atoms with Crippen molar-refractivity contribution in [1.29, 1.82) is 0 Å². The SMILES string of the molecule is Cc1ccc(NC(=O)c2ccc(Cl)c(S(=O)(=O)NCC3CCCO3)c2)cc1C. The molecule has 2 aromatic rings. The van der Waals surface area contributed by atoms with Crippen LogP contribution in [-0.4, -0.2) is 33.6 Å². The second kappa shape index (κ2) is 8.61. The molecule has 2 N–H and O–H groups in total. The molecule has 0 bridgehead atoms. The van der Waals surface area contributed by atoms with Crippen LogP contribution < -0.4 is 10.0 Å². The molecule has 28 heavy (non-hydrogen) atoms. The number of hydrogen-bond donors (Lipinski definition) is 2. The van der Waals surface area contributed by atoms with Gasteiger partial charge in [-0.15, -0.1) is 0 Å². The van der Waals surface area contributed by atoms with Crippen molar-refractivity contribution in [3.05, 3.63) is 58.1 Å². The van der Waals surface area contributed by atoms with Gasteiger partial charge in [0.05, 0.1) is 11.1 Å². The normalized spacial score (nSPS) is 16.9. The number of ether oxygens (including phenoxy) is 1. The van der Waals surface area contributed by atoms with Gasteiger partial charge in [-0.25, -0.2) is 13.1 Å². The number of carbonyl (C=O) groups is 1. The molecular weight excluding hydrogens is 400 g/mol. The van der Waals surface area contributed by atoms with Crippen LogP contribution >= 0.6 is 11.6 Å². The Labute approximate surface area is 170 Å². The molecule has 0 aliphatic carbocycles. The highest BCUT2D eigenvalue weighted by molar-refractivity contribution is 7.89. The molecular formula is C20H23ClN2O4S. The first-order valence-corrected chi connectivity index (χ1v) is 10.9. The van der Waals surface area contributed by atoms with Gasteiger partial charge >= 0.3 is 0 Å². The Morgan fingerprint density at radius 3 is 2.64 bits per heavy atom. The van der Waals surface area contributed by atoms with E-state index in [-0.39, 0.29) is 28.1 Å². The fraction of sp³-hybridized carbons (Fsp3) is 0.350. The average molecular weight is 423 g/mol. The van der Waals surface area contributed by atoms with Crippen molar-refractivity contribution in [3.8, 4) is 0 Å². The zero-order chi connectivity index (χ0) is 20.3. The van der Waals surface area contributed by atoms with Crippen molar-refractivity contribution in [3.63, 3.8) is 0 Å². The maximum absolute atomic E-state index is 12.6. The number of halogens is 1. The monoisotopic (exact) mass is 422 g/mol. The van der Waals surface area contributed by atoms with Gasteiger partial charge in [0.15, 0.2) is 0 Å². The highest BCUT2D eigenvalue weighted by atomic mass is 35.5. The highest BCUT2D eigenvalue weighted by Crippen LogP contribution is 2.24. The first-order chi connectivity index (χ1) is 13.3. The number of sulfonamides is 1. The van der Waals surface area contributed by atoms with Crippen molar-refractivity contribution in [2.45, 2.75) is 37.7 Å². The van der Waals surface area contributed by atoms with Crippen LogP contribution in [0.5, 0.6) is 0 Å². The third kappa shape index (κ3) is 4.91. The Balaban J connectivity index is 1.77. The molecule has 1 saturated heterocycles. The van der Waals surface area contributed by atoms with E-state index >= 15 is 0 Å². The van der Waals surface area contributed by atoms with E-state index in [1.807, 2.05) is 26.0 Å². The Morgan fingerprint density at radius 2 is 1.96 bits per heavy atom. The number of aryl methyl sites for hydroxylation is 2. The Bertz CT molecular complexity index is 986. The van der Waals surface area contributed by atoms with Gasteiger partial charge in [0, 0.05) is 24.4 Å². The Hall–Kier alpha value is -1.93. The van der Waals surface area contributed by atoms with E-state index in [0.717, 1.165) is 24.0 Å². The number of anilines is 1. The summed E-state index contributed by atoms with van der Waals surface area (Å²) in [6, 6.07) is 9.78. The molecule has 0 saturated carbocycles. The molecule has 0 aromatic heterocycles. The number of amides is 1. The largest absolute Gasteiger partial charge is 0.377 e. The van der Waals surface area contributed by atoms with Gasteiger partial charge in [-0.3, -0.25) is 4.79 Å². The molecule has 1 aliphatic rings. The summed E-state index contributed by atoms with van der Waals surface area (Å²) >= 11 is 6.10. The summed E-state index contributed by atoms with van der Waals surface area (Å²) in [6.45, 7) is 4.76. The Morgan fingerprint density at radius 1 is 1.18 bits per heavy atom. The van der Waals surface area contributed by atoms with E-state index in [0.29, 0.717) is 12.3 Å². The van der Waals surface area contributed by atoms with Gasteiger partial charge in [0.2, 0.25) is 10.0 Å². The number of carbonyl (C=O) groups excluding carboxylic acids is 1. The van der Waals surface area contributed by atoms with Crippen molar-refractivity contribution >= 4 is 33.2 Å². The quantitative estimate of drug-likeness (QED) is 0.743. The van der Waals surface area contributed by atoms with Gasteiger partial charge in [-0.1, -0.05) is 17.7 Å². The fourth-order valence-electron chi connectivity index (χ4n) is 2.96. The summed E-state index contributed by atoms with van der Waals surface area (Å²) in [5.74, 6) is -0.407. The summed E-state index contributed by atoms with van der Waals surface area (Å²) in [5.41, 5.74) is 3.02. The van der Waals surface area contributed by atoms with Crippen LogP contribution in [0.3, 0.4) is 0 Å². The van der Waals surface area contributed by atoms with E-state index in [2.05, 4.69) is 10.0 Å². The zero-order valence-corrected chi connectivity index (χ0v) is 17.4. The molecule has 150 valence electrons. The first-order valence-electron chi connectivity index (χ1n) is 9.06. The van der Waals surface area contributed by atoms with Gasteiger partial charge < -0.3 is 10.1 Å². The average Bonchev–Trinajstić information content (AvgIpc) is 3.17. The van der Waals surface area contributed by atoms with Crippen molar-refractivity contribution < 1.29 is 17.9 Å². The lowest BCUT2D eigenvalue weighted by Gasteiger charge is -2.13. The molecule has 3 rings (SSSR count). The molecule has 1 fully saturated rings. The Kier molecular flexibility index (Phi) is 6.40. The van der Waals surface area contributed by atoms with Crippen molar-refractivity contribution in [2.75, 3.05) is 18.5 Å².